The molecule has 0 spiro atoms. The number of anilines is 2. The van der Waals surface area contributed by atoms with Crippen LogP contribution in [0.1, 0.15) is 31.8 Å². The minimum Gasteiger partial charge on any atom is -0.497 e. The van der Waals surface area contributed by atoms with Gasteiger partial charge in [-0.05, 0) is 74.5 Å². The molecule has 28 heavy (non-hydrogen) atoms. The summed E-state index contributed by atoms with van der Waals surface area (Å²) in [6.45, 7) is 3.92. The Morgan fingerprint density at radius 2 is 1.14 bits per heavy atom. The molecule has 3 rings (SSSR count). The smallest absolute Gasteiger partial charge is 0.255 e. The fourth-order valence-electron chi connectivity index (χ4n) is 2.89. The van der Waals surface area contributed by atoms with Crippen LogP contribution in [0.4, 0.5) is 11.4 Å². The Kier molecular flexibility index (Phi) is 5.75. The molecule has 5 nitrogen and oxygen atoms in total. The van der Waals surface area contributed by atoms with Crippen LogP contribution < -0.4 is 15.4 Å². The molecule has 3 aromatic rings. The molecule has 0 aliphatic carbocycles. The molecule has 0 aliphatic heterocycles. The summed E-state index contributed by atoms with van der Waals surface area (Å²) in [5.41, 5.74) is 4.49. The second-order valence-electron chi connectivity index (χ2n) is 6.59. The van der Waals surface area contributed by atoms with Gasteiger partial charge < -0.3 is 15.4 Å². The molecule has 0 unspecified atom stereocenters. The Bertz CT molecular complexity index is 973. The lowest BCUT2D eigenvalue weighted by Crippen LogP contribution is -2.14. The Labute approximate surface area is 164 Å². The summed E-state index contributed by atoms with van der Waals surface area (Å²) in [4.78, 5) is 24.8. The van der Waals surface area contributed by atoms with Gasteiger partial charge in [-0.3, -0.25) is 9.59 Å². The summed E-state index contributed by atoms with van der Waals surface area (Å²) < 4.78 is 5.10. The van der Waals surface area contributed by atoms with E-state index in [1.54, 1.807) is 55.6 Å². The summed E-state index contributed by atoms with van der Waals surface area (Å²) >= 11 is 0. The van der Waals surface area contributed by atoms with E-state index in [2.05, 4.69) is 10.6 Å². The normalized spacial score (nSPS) is 10.2. The third kappa shape index (κ3) is 4.76. The lowest BCUT2D eigenvalue weighted by Gasteiger charge is -2.09. The van der Waals surface area contributed by atoms with Gasteiger partial charge in [-0.15, -0.1) is 0 Å². The first-order valence-electron chi connectivity index (χ1n) is 8.90. The standard InChI is InChI=1S/C23H22N2O3/c1-15-12-16(2)14-18(13-15)23(27)25-19-6-4-17(5-7-19)22(26)24-20-8-10-21(28-3)11-9-20/h4-14H,1-3H3,(H,24,26)(H,25,27). The number of methoxy groups -OCH3 is 1. The van der Waals surface area contributed by atoms with Crippen molar-refractivity contribution in [3.05, 3.63) is 89.0 Å². The fraction of sp³-hybridized carbons (Fsp3) is 0.130. The number of carbonyl (C=O) groups is 2. The molecule has 142 valence electrons. The van der Waals surface area contributed by atoms with Gasteiger partial charge in [0.2, 0.25) is 0 Å². The third-order valence-electron chi connectivity index (χ3n) is 4.24. The highest BCUT2D eigenvalue weighted by Gasteiger charge is 2.09. The van der Waals surface area contributed by atoms with E-state index in [-0.39, 0.29) is 11.8 Å². The van der Waals surface area contributed by atoms with Crippen molar-refractivity contribution >= 4 is 23.2 Å². The van der Waals surface area contributed by atoms with Crippen molar-refractivity contribution in [1.82, 2.24) is 0 Å². The molecular formula is C23H22N2O3. The number of hydrogen-bond acceptors (Lipinski definition) is 3. The lowest BCUT2D eigenvalue weighted by atomic mass is 10.1. The highest BCUT2D eigenvalue weighted by Crippen LogP contribution is 2.17. The third-order valence-corrected chi connectivity index (χ3v) is 4.24. The maximum Gasteiger partial charge on any atom is 0.255 e. The quantitative estimate of drug-likeness (QED) is 0.673. The molecule has 2 N–H and O–H groups in total. The molecular weight excluding hydrogens is 352 g/mol. The van der Waals surface area contributed by atoms with Crippen molar-refractivity contribution in [2.75, 3.05) is 17.7 Å². The van der Waals surface area contributed by atoms with Gasteiger partial charge in [0.1, 0.15) is 5.75 Å². The maximum atomic E-state index is 12.4. The maximum absolute atomic E-state index is 12.4. The minimum atomic E-state index is -0.225. The van der Waals surface area contributed by atoms with Crippen molar-refractivity contribution in [3.63, 3.8) is 0 Å². The van der Waals surface area contributed by atoms with E-state index in [1.165, 1.54) is 0 Å². The summed E-state index contributed by atoms with van der Waals surface area (Å²) in [5, 5.41) is 5.68. The first-order valence-corrected chi connectivity index (χ1v) is 8.90. The van der Waals surface area contributed by atoms with E-state index >= 15 is 0 Å². The average molecular weight is 374 g/mol. The molecule has 0 radical (unpaired) electrons. The topological polar surface area (TPSA) is 67.4 Å². The summed E-state index contributed by atoms with van der Waals surface area (Å²) in [6.07, 6.45) is 0. The van der Waals surface area contributed by atoms with Gasteiger partial charge >= 0.3 is 0 Å². The van der Waals surface area contributed by atoms with Crippen molar-refractivity contribution < 1.29 is 14.3 Å². The number of amides is 2. The van der Waals surface area contributed by atoms with Crippen LogP contribution in [-0.4, -0.2) is 18.9 Å². The zero-order chi connectivity index (χ0) is 20.1. The van der Waals surface area contributed by atoms with Crippen molar-refractivity contribution in [2.24, 2.45) is 0 Å². The van der Waals surface area contributed by atoms with E-state index < -0.39 is 0 Å². The van der Waals surface area contributed by atoms with E-state index in [4.69, 9.17) is 4.74 Å². The molecule has 0 aliphatic rings. The van der Waals surface area contributed by atoms with Gasteiger partial charge in [0, 0.05) is 22.5 Å². The molecule has 5 heteroatoms. The van der Waals surface area contributed by atoms with Crippen LogP contribution in [-0.2, 0) is 0 Å². The fourth-order valence-corrected chi connectivity index (χ4v) is 2.89. The Hall–Kier alpha value is -3.60. The van der Waals surface area contributed by atoms with Crippen LogP contribution in [0.3, 0.4) is 0 Å². The number of ether oxygens (including phenoxy) is 1. The van der Waals surface area contributed by atoms with E-state index in [1.807, 2.05) is 32.0 Å². The van der Waals surface area contributed by atoms with Crippen LogP contribution in [0.15, 0.2) is 66.7 Å². The predicted molar refractivity (Wildman–Crippen MR) is 111 cm³/mol. The molecule has 3 aromatic carbocycles. The predicted octanol–water partition coefficient (Wildman–Crippen LogP) is 4.82. The number of aryl methyl sites for hydroxylation is 2. The molecule has 0 bridgehead atoms. The summed E-state index contributed by atoms with van der Waals surface area (Å²) in [6, 6.07) is 19.6. The first kappa shape index (κ1) is 19.2. The van der Waals surface area contributed by atoms with Crippen LogP contribution in [0.5, 0.6) is 5.75 Å². The molecule has 0 heterocycles. The highest BCUT2D eigenvalue weighted by molar-refractivity contribution is 6.06. The summed E-state index contributed by atoms with van der Waals surface area (Å²) in [5.74, 6) is 0.321. The number of rotatable bonds is 5. The Morgan fingerprint density at radius 1 is 0.679 bits per heavy atom. The Balaban J connectivity index is 1.65. The molecule has 0 saturated carbocycles. The van der Waals surface area contributed by atoms with Crippen molar-refractivity contribution in [1.29, 1.82) is 0 Å². The number of benzene rings is 3. The van der Waals surface area contributed by atoms with Crippen LogP contribution in [0.2, 0.25) is 0 Å². The Morgan fingerprint density at radius 3 is 1.64 bits per heavy atom. The zero-order valence-electron chi connectivity index (χ0n) is 16.1. The van der Waals surface area contributed by atoms with E-state index in [0.29, 0.717) is 22.5 Å². The van der Waals surface area contributed by atoms with E-state index in [9.17, 15) is 9.59 Å². The lowest BCUT2D eigenvalue weighted by molar-refractivity contribution is 0.102. The first-order chi connectivity index (χ1) is 13.4. The van der Waals surface area contributed by atoms with Crippen LogP contribution >= 0.6 is 0 Å². The largest absolute Gasteiger partial charge is 0.497 e. The van der Waals surface area contributed by atoms with Gasteiger partial charge in [0.15, 0.2) is 0 Å². The van der Waals surface area contributed by atoms with E-state index in [0.717, 1.165) is 16.9 Å². The van der Waals surface area contributed by atoms with Gasteiger partial charge in [0.05, 0.1) is 7.11 Å². The van der Waals surface area contributed by atoms with Crippen LogP contribution in [0, 0.1) is 13.8 Å². The van der Waals surface area contributed by atoms with Gasteiger partial charge in [-0.25, -0.2) is 0 Å². The molecule has 0 fully saturated rings. The number of nitrogens with one attached hydrogen (secondary N) is 2. The second-order valence-corrected chi connectivity index (χ2v) is 6.59. The molecule has 0 atom stereocenters. The zero-order valence-corrected chi connectivity index (χ0v) is 16.1. The van der Waals surface area contributed by atoms with Gasteiger partial charge in [-0.2, -0.15) is 0 Å². The minimum absolute atomic E-state index is 0.178. The highest BCUT2D eigenvalue weighted by atomic mass is 16.5. The SMILES string of the molecule is COc1ccc(NC(=O)c2ccc(NC(=O)c3cc(C)cc(C)c3)cc2)cc1. The number of carbonyl (C=O) groups excluding carboxylic acids is 2. The van der Waals surface area contributed by atoms with Crippen LogP contribution in [0.25, 0.3) is 0 Å². The van der Waals surface area contributed by atoms with Gasteiger partial charge in [0.25, 0.3) is 11.8 Å². The summed E-state index contributed by atoms with van der Waals surface area (Å²) in [7, 11) is 1.59. The molecule has 0 aromatic heterocycles. The van der Waals surface area contributed by atoms with Crippen molar-refractivity contribution in [3.8, 4) is 5.75 Å². The average Bonchev–Trinajstić information content (AvgIpc) is 2.68. The number of hydrogen-bond donors (Lipinski definition) is 2. The molecule has 0 saturated heterocycles. The van der Waals surface area contributed by atoms with Crippen molar-refractivity contribution in [2.45, 2.75) is 13.8 Å². The second kappa shape index (κ2) is 8.39. The molecule has 2 amide bonds. The van der Waals surface area contributed by atoms with Gasteiger partial charge in [-0.1, -0.05) is 17.2 Å². The monoisotopic (exact) mass is 374 g/mol.